The second kappa shape index (κ2) is 11.7. The zero-order valence-corrected chi connectivity index (χ0v) is 20.8. The van der Waals surface area contributed by atoms with Gasteiger partial charge in [-0.2, -0.15) is 0 Å². The third-order valence-electron chi connectivity index (χ3n) is 5.64. The second-order valence-corrected chi connectivity index (χ2v) is 11.1. The van der Waals surface area contributed by atoms with Crippen molar-refractivity contribution >= 4 is 34.8 Å². The topological polar surface area (TPSA) is 47.6 Å². The van der Waals surface area contributed by atoms with Crippen molar-refractivity contribution in [2.75, 3.05) is 25.7 Å². The summed E-state index contributed by atoms with van der Waals surface area (Å²) in [4.78, 5) is 13.5. The Morgan fingerprint density at radius 3 is 1.53 bits per heavy atom. The molecule has 34 heavy (non-hydrogen) atoms. The minimum atomic E-state index is -2.25. The van der Waals surface area contributed by atoms with Gasteiger partial charge in [-0.15, -0.1) is 0 Å². The van der Waals surface area contributed by atoms with Gasteiger partial charge >= 0.3 is 0 Å². The molecule has 0 aliphatic rings. The van der Waals surface area contributed by atoms with E-state index in [-0.39, 0.29) is 18.3 Å². The normalized spacial score (nSPS) is 10.6. The van der Waals surface area contributed by atoms with Crippen LogP contribution in [0.15, 0.2) is 109 Å². The summed E-state index contributed by atoms with van der Waals surface area (Å²) in [5, 5.41) is 6.60. The molecule has 1 N–H and O–H groups in total. The van der Waals surface area contributed by atoms with Gasteiger partial charge < -0.3 is 27.2 Å². The van der Waals surface area contributed by atoms with Crippen LogP contribution >= 0.6 is 7.26 Å². The number of hydrogen-bond donors (Lipinski definition) is 1. The van der Waals surface area contributed by atoms with Gasteiger partial charge in [0.25, 0.3) is 5.91 Å². The number of amides is 1. The van der Waals surface area contributed by atoms with E-state index in [1.54, 1.807) is 26.4 Å². The minimum Gasteiger partial charge on any atom is -1.00 e. The van der Waals surface area contributed by atoms with Crippen molar-refractivity contribution in [2.24, 2.45) is 0 Å². The molecule has 4 nitrogen and oxygen atoms in total. The van der Waals surface area contributed by atoms with Crippen LogP contribution in [0.1, 0.15) is 0 Å². The molecule has 6 heteroatoms. The van der Waals surface area contributed by atoms with Crippen molar-refractivity contribution < 1.29 is 26.7 Å². The van der Waals surface area contributed by atoms with E-state index in [1.807, 2.05) is 60.7 Å². The van der Waals surface area contributed by atoms with E-state index < -0.39 is 7.26 Å². The number of methoxy groups -OCH3 is 2. The molecule has 0 atom stereocenters. The molecule has 0 aliphatic heterocycles. The average Bonchev–Trinajstić information content (AvgIpc) is 2.88. The minimum absolute atomic E-state index is 0. The number of anilines is 1. The molecule has 4 aromatic rings. The van der Waals surface area contributed by atoms with E-state index in [9.17, 15) is 4.79 Å². The third kappa shape index (κ3) is 5.25. The van der Waals surface area contributed by atoms with Crippen LogP contribution in [-0.4, -0.2) is 26.3 Å². The van der Waals surface area contributed by atoms with Crippen LogP contribution < -0.4 is 43.1 Å². The van der Waals surface area contributed by atoms with E-state index in [1.165, 1.54) is 15.9 Å². The largest absolute Gasteiger partial charge is 1.00 e. The van der Waals surface area contributed by atoms with E-state index in [2.05, 4.69) is 41.7 Å². The first kappa shape index (κ1) is 25.3. The number of carbonyl (C=O) groups is 1. The first-order chi connectivity index (χ1) is 16.2. The van der Waals surface area contributed by atoms with Crippen molar-refractivity contribution in [3.05, 3.63) is 109 Å². The predicted octanol–water partition coefficient (Wildman–Crippen LogP) is 1.64. The molecule has 0 fully saturated rings. The van der Waals surface area contributed by atoms with Crippen LogP contribution in [-0.2, 0) is 4.79 Å². The van der Waals surface area contributed by atoms with Gasteiger partial charge in [0.05, 0.1) is 14.2 Å². The van der Waals surface area contributed by atoms with Gasteiger partial charge in [-0.05, 0) is 48.5 Å². The lowest BCUT2D eigenvalue weighted by molar-refractivity contribution is -0.113. The molecule has 0 radical (unpaired) electrons. The molecule has 4 rings (SSSR count). The highest BCUT2D eigenvalue weighted by molar-refractivity contribution is 7.96. The lowest BCUT2D eigenvalue weighted by Crippen LogP contribution is -3.00. The van der Waals surface area contributed by atoms with Gasteiger partial charge in [0.1, 0.15) is 23.2 Å². The lowest BCUT2D eigenvalue weighted by Gasteiger charge is -2.27. The fraction of sp³-hybridized carbons (Fsp3) is 0.107. The summed E-state index contributed by atoms with van der Waals surface area (Å²) in [5.41, 5.74) is 0.671. The molecule has 0 saturated carbocycles. The Morgan fingerprint density at radius 2 is 1.12 bits per heavy atom. The third-order valence-corrected chi connectivity index (χ3v) is 9.94. The zero-order chi connectivity index (χ0) is 23.1. The number of benzene rings is 4. The second-order valence-electron chi connectivity index (χ2n) is 7.59. The number of hydrogen-bond acceptors (Lipinski definition) is 3. The van der Waals surface area contributed by atoms with Gasteiger partial charge in [0.2, 0.25) is 0 Å². The molecule has 1 amide bonds. The molecule has 174 valence electrons. The van der Waals surface area contributed by atoms with Gasteiger partial charge in [0, 0.05) is 11.8 Å². The summed E-state index contributed by atoms with van der Waals surface area (Å²) >= 11 is 0. The van der Waals surface area contributed by atoms with E-state index >= 15 is 0 Å². The van der Waals surface area contributed by atoms with Crippen molar-refractivity contribution in [3.63, 3.8) is 0 Å². The smallest absolute Gasteiger partial charge is 0.263 e. The Kier molecular flexibility index (Phi) is 8.70. The summed E-state index contributed by atoms with van der Waals surface area (Å²) in [7, 11) is 0.927. The molecular weight excluding hydrogens is 465 g/mol. The molecule has 0 saturated heterocycles. The standard InChI is InChI=1S/C28H26NO3P.ClH/c1-31-26-19-18-22(20-27(26)32-2)29-28(30)21-33(23-12-6-3-7-13-23,24-14-8-4-9-15-24)25-16-10-5-11-17-25;/h3-20H,21H2,1-2H3;1H. The predicted molar refractivity (Wildman–Crippen MR) is 138 cm³/mol. The van der Waals surface area contributed by atoms with Gasteiger partial charge in [0.15, 0.2) is 17.7 Å². The number of halogens is 1. The van der Waals surface area contributed by atoms with E-state index in [0.717, 1.165) is 0 Å². The number of nitrogens with one attached hydrogen (secondary N) is 1. The summed E-state index contributed by atoms with van der Waals surface area (Å²) in [6.45, 7) is 0. The highest BCUT2D eigenvalue weighted by Crippen LogP contribution is 2.55. The molecular formula is C28H27ClNO3P. The zero-order valence-electron chi connectivity index (χ0n) is 19.1. The maximum atomic E-state index is 13.5. The van der Waals surface area contributed by atoms with Gasteiger partial charge in [-0.25, -0.2) is 0 Å². The molecule has 0 aromatic heterocycles. The van der Waals surface area contributed by atoms with Crippen LogP contribution in [0, 0.1) is 0 Å². The summed E-state index contributed by atoms with van der Waals surface area (Å²) in [6.07, 6.45) is 0.347. The summed E-state index contributed by atoms with van der Waals surface area (Å²) in [6, 6.07) is 36.5. The van der Waals surface area contributed by atoms with Crippen LogP contribution in [0.5, 0.6) is 11.5 Å². The monoisotopic (exact) mass is 491 g/mol. The van der Waals surface area contributed by atoms with Crippen molar-refractivity contribution in [2.45, 2.75) is 0 Å². The fourth-order valence-corrected chi connectivity index (χ4v) is 8.09. The number of carbonyl (C=O) groups excluding carboxylic acids is 1. The Balaban J connectivity index is 0.00000324. The van der Waals surface area contributed by atoms with Crippen molar-refractivity contribution in [1.82, 2.24) is 0 Å². The first-order valence-electron chi connectivity index (χ1n) is 10.7. The van der Waals surface area contributed by atoms with Crippen LogP contribution in [0.3, 0.4) is 0 Å². The summed E-state index contributed by atoms with van der Waals surface area (Å²) in [5.74, 6) is 1.15. The Bertz CT molecular complexity index is 1110. The average molecular weight is 492 g/mol. The SMILES string of the molecule is COc1ccc(NC(=O)C[P+](c2ccccc2)(c2ccccc2)c2ccccc2)cc1OC.[Cl-]. The molecule has 0 unspecified atom stereocenters. The van der Waals surface area contributed by atoms with Crippen LogP contribution in [0.2, 0.25) is 0 Å². The Labute approximate surface area is 207 Å². The summed E-state index contributed by atoms with van der Waals surface area (Å²) < 4.78 is 10.7. The van der Waals surface area contributed by atoms with Crippen molar-refractivity contribution in [3.8, 4) is 11.5 Å². The highest BCUT2D eigenvalue weighted by atomic mass is 35.5. The quantitative estimate of drug-likeness (QED) is 0.381. The lowest BCUT2D eigenvalue weighted by atomic mass is 10.2. The van der Waals surface area contributed by atoms with Crippen LogP contribution in [0.25, 0.3) is 0 Å². The highest BCUT2D eigenvalue weighted by Gasteiger charge is 2.47. The molecule has 0 heterocycles. The number of rotatable bonds is 8. The van der Waals surface area contributed by atoms with Gasteiger partial charge in [-0.1, -0.05) is 54.6 Å². The van der Waals surface area contributed by atoms with E-state index in [4.69, 9.17) is 9.47 Å². The molecule has 0 bridgehead atoms. The molecule has 0 spiro atoms. The Hall–Kier alpha value is -3.33. The van der Waals surface area contributed by atoms with Crippen LogP contribution in [0.4, 0.5) is 5.69 Å². The number of ether oxygens (including phenoxy) is 2. The van der Waals surface area contributed by atoms with Gasteiger partial charge in [-0.3, -0.25) is 4.79 Å². The Morgan fingerprint density at radius 1 is 0.676 bits per heavy atom. The van der Waals surface area contributed by atoms with Crippen molar-refractivity contribution in [1.29, 1.82) is 0 Å². The fourth-order valence-electron chi connectivity index (χ4n) is 4.10. The maximum Gasteiger partial charge on any atom is 0.263 e. The molecule has 4 aromatic carbocycles. The first-order valence-corrected chi connectivity index (χ1v) is 12.7. The maximum absolute atomic E-state index is 13.5. The van der Waals surface area contributed by atoms with E-state index in [0.29, 0.717) is 23.3 Å². The molecule has 0 aliphatic carbocycles.